The van der Waals surface area contributed by atoms with Gasteiger partial charge in [-0.15, -0.1) is 0 Å². The van der Waals surface area contributed by atoms with Crippen LogP contribution < -0.4 is 10.5 Å². The number of hydrogen-bond donors (Lipinski definition) is 1. The van der Waals surface area contributed by atoms with E-state index < -0.39 is 0 Å². The summed E-state index contributed by atoms with van der Waals surface area (Å²) in [6.07, 6.45) is 0. The SMILES string of the molecule is CCOc1cccc2c1nc(N)n2Cc1ccccc1Br. The second-order valence-corrected chi connectivity index (χ2v) is 5.56. The molecule has 0 aliphatic carbocycles. The Morgan fingerprint density at radius 2 is 2.00 bits per heavy atom. The quantitative estimate of drug-likeness (QED) is 0.781. The molecule has 0 fully saturated rings. The fourth-order valence-electron chi connectivity index (χ4n) is 2.37. The van der Waals surface area contributed by atoms with E-state index in [0.717, 1.165) is 26.8 Å². The number of ether oxygens (including phenoxy) is 1. The van der Waals surface area contributed by atoms with E-state index in [9.17, 15) is 0 Å². The predicted octanol–water partition coefficient (Wildman–Crippen LogP) is 3.83. The van der Waals surface area contributed by atoms with Crippen LogP contribution in [0.3, 0.4) is 0 Å². The smallest absolute Gasteiger partial charge is 0.201 e. The van der Waals surface area contributed by atoms with Gasteiger partial charge >= 0.3 is 0 Å². The molecule has 3 aromatic rings. The molecular formula is C16H16BrN3O. The second-order valence-electron chi connectivity index (χ2n) is 4.70. The third-order valence-electron chi connectivity index (χ3n) is 3.36. The Labute approximate surface area is 131 Å². The van der Waals surface area contributed by atoms with E-state index in [4.69, 9.17) is 10.5 Å². The molecule has 0 saturated heterocycles. The van der Waals surface area contributed by atoms with Crippen LogP contribution in [0.15, 0.2) is 46.9 Å². The lowest BCUT2D eigenvalue weighted by molar-refractivity contribution is 0.343. The Kier molecular flexibility index (Phi) is 3.84. The molecule has 0 aliphatic heterocycles. The highest BCUT2D eigenvalue weighted by atomic mass is 79.9. The first-order valence-corrected chi connectivity index (χ1v) is 7.61. The number of rotatable bonds is 4. The molecule has 21 heavy (non-hydrogen) atoms. The van der Waals surface area contributed by atoms with Crippen LogP contribution in [0.2, 0.25) is 0 Å². The van der Waals surface area contributed by atoms with Crippen molar-refractivity contribution >= 4 is 32.9 Å². The Bertz CT molecular complexity index is 782. The highest BCUT2D eigenvalue weighted by molar-refractivity contribution is 9.10. The summed E-state index contributed by atoms with van der Waals surface area (Å²) in [4.78, 5) is 4.46. The number of nitrogens with two attached hydrogens (primary N) is 1. The highest BCUT2D eigenvalue weighted by Crippen LogP contribution is 2.28. The van der Waals surface area contributed by atoms with Gasteiger partial charge < -0.3 is 15.0 Å². The molecule has 2 N–H and O–H groups in total. The molecule has 4 nitrogen and oxygen atoms in total. The van der Waals surface area contributed by atoms with Crippen LogP contribution in [0.25, 0.3) is 11.0 Å². The van der Waals surface area contributed by atoms with Crippen LogP contribution in [-0.4, -0.2) is 16.2 Å². The van der Waals surface area contributed by atoms with Gasteiger partial charge in [-0.2, -0.15) is 0 Å². The van der Waals surface area contributed by atoms with Gasteiger partial charge in [0.2, 0.25) is 5.95 Å². The average Bonchev–Trinajstić information content (AvgIpc) is 2.79. The summed E-state index contributed by atoms with van der Waals surface area (Å²) < 4.78 is 8.68. The summed E-state index contributed by atoms with van der Waals surface area (Å²) in [5.74, 6) is 1.26. The minimum absolute atomic E-state index is 0.493. The van der Waals surface area contributed by atoms with Crippen LogP contribution in [0, 0.1) is 0 Å². The lowest BCUT2D eigenvalue weighted by Crippen LogP contribution is -2.05. The molecule has 5 heteroatoms. The Morgan fingerprint density at radius 3 is 2.76 bits per heavy atom. The van der Waals surface area contributed by atoms with Crippen LogP contribution in [0.1, 0.15) is 12.5 Å². The van der Waals surface area contributed by atoms with Gasteiger partial charge in [-0.3, -0.25) is 0 Å². The fraction of sp³-hybridized carbons (Fsp3) is 0.188. The van der Waals surface area contributed by atoms with Gasteiger partial charge in [-0.1, -0.05) is 40.2 Å². The van der Waals surface area contributed by atoms with Crippen LogP contribution >= 0.6 is 15.9 Å². The molecule has 0 radical (unpaired) electrons. The van der Waals surface area contributed by atoms with E-state index in [1.807, 2.05) is 47.9 Å². The number of para-hydroxylation sites is 1. The zero-order valence-electron chi connectivity index (χ0n) is 11.7. The number of anilines is 1. The van der Waals surface area contributed by atoms with Gasteiger partial charge in [0, 0.05) is 4.47 Å². The standard InChI is InChI=1S/C16H16BrN3O/c1-2-21-14-9-5-8-13-15(14)19-16(18)20(13)10-11-6-3-4-7-12(11)17/h3-9H,2,10H2,1H3,(H2,18,19). The Hall–Kier alpha value is -2.01. The lowest BCUT2D eigenvalue weighted by atomic mass is 10.2. The van der Waals surface area contributed by atoms with E-state index in [1.165, 1.54) is 0 Å². The summed E-state index contributed by atoms with van der Waals surface area (Å²) in [5, 5.41) is 0. The summed E-state index contributed by atoms with van der Waals surface area (Å²) in [7, 11) is 0. The van der Waals surface area contributed by atoms with E-state index in [2.05, 4.69) is 27.0 Å². The van der Waals surface area contributed by atoms with E-state index in [0.29, 0.717) is 19.1 Å². The summed E-state index contributed by atoms with van der Waals surface area (Å²) in [5.41, 5.74) is 9.04. The number of imidazole rings is 1. The van der Waals surface area contributed by atoms with Gasteiger partial charge in [-0.05, 0) is 30.7 Å². The molecule has 0 amide bonds. The van der Waals surface area contributed by atoms with Crippen molar-refractivity contribution in [1.82, 2.24) is 9.55 Å². The number of nitrogen functional groups attached to an aromatic ring is 1. The van der Waals surface area contributed by atoms with E-state index >= 15 is 0 Å². The fourth-order valence-corrected chi connectivity index (χ4v) is 2.78. The van der Waals surface area contributed by atoms with Gasteiger partial charge in [0.25, 0.3) is 0 Å². The molecule has 108 valence electrons. The number of benzene rings is 2. The Morgan fingerprint density at radius 1 is 1.19 bits per heavy atom. The number of fused-ring (bicyclic) bond motifs is 1. The van der Waals surface area contributed by atoms with E-state index in [1.54, 1.807) is 0 Å². The van der Waals surface area contributed by atoms with Crippen molar-refractivity contribution in [3.8, 4) is 5.75 Å². The van der Waals surface area contributed by atoms with Gasteiger partial charge in [0.05, 0.1) is 18.7 Å². The van der Waals surface area contributed by atoms with Gasteiger partial charge in [0.1, 0.15) is 11.3 Å². The normalized spacial score (nSPS) is 11.0. The van der Waals surface area contributed by atoms with Crippen molar-refractivity contribution in [3.63, 3.8) is 0 Å². The molecule has 1 heterocycles. The van der Waals surface area contributed by atoms with Gasteiger partial charge in [0.15, 0.2) is 0 Å². The number of halogens is 1. The molecule has 2 aromatic carbocycles. The monoisotopic (exact) mass is 345 g/mol. The van der Waals surface area contributed by atoms with Gasteiger partial charge in [-0.25, -0.2) is 4.98 Å². The Balaban J connectivity index is 2.09. The highest BCUT2D eigenvalue weighted by Gasteiger charge is 2.13. The topological polar surface area (TPSA) is 53.1 Å². The largest absolute Gasteiger partial charge is 0.492 e. The molecule has 0 unspecified atom stereocenters. The minimum atomic E-state index is 0.493. The summed E-state index contributed by atoms with van der Waals surface area (Å²) in [6.45, 7) is 3.23. The lowest BCUT2D eigenvalue weighted by Gasteiger charge is -2.09. The summed E-state index contributed by atoms with van der Waals surface area (Å²) >= 11 is 3.57. The van der Waals surface area contributed by atoms with E-state index in [-0.39, 0.29) is 0 Å². The van der Waals surface area contributed by atoms with Crippen LogP contribution in [0.5, 0.6) is 5.75 Å². The molecule has 0 atom stereocenters. The zero-order chi connectivity index (χ0) is 14.8. The van der Waals surface area contributed by atoms with Crippen molar-refractivity contribution in [2.45, 2.75) is 13.5 Å². The molecule has 0 spiro atoms. The first-order valence-electron chi connectivity index (χ1n) is 6.81. The average molecular weight is 346 g/mol. The second kappa shape index (κ2) is 5.77. The summed E-state index contributed by atoms with van der Waals surface area (Å²) in [6, 6.07) is 14.0. The molecule has 3 rings (SSSR count). The number of aromatic nitrogens is 2. The van der Waals surface area contributed by atoms with Crippen molar-refractivity contribution in [1.29, 1.82) is 0 Å². The minimum Gasteiger partial charge on any atom is -0.492 e. The molecule has 0 bridgehead atoms. The first kappa shape index (κ1) is 13.9. The maximum Gasteiger partial charge on any atom is 0.201 e. The maximum absolute atomic E-state index is 6.10. The molecule has 0 aliphatic rings. The van der Waals surface area contributed by atoms with Crippen LogP contribution in [-0.2, 0) is 6.54 Å². The third kappa shape index (κ3) is 2.61. The predicted molar refractivity (Wildman–Crippen MR) is 88.6 cm³/mol. The van der Waals surface area contributed by atoms with Crippen molar-refractivity contribution < 1.29 is 4.74 Å². The zero-order valence-corrected chi connectivity index (χ0v) is 13.3. The van der Waals surface area contributed by atoms with Crippen molar-refractivity contribution in [2.75, 3.05) is 12.3 Å². The molecular weight excluding hydrogens is 330 g/mol. The number of hydrogen-bond acceptors (Lipinski definition) is 3. The third-order valence-corrected chi connectivity index (χ3v) is 4.13. The van der Waals surface area contributed by atoms with Crippen molar-refractivity contribution in [3.05, 3.63) is 52.5 Å². The first-order chi connectivity index (χ1) is 10.2. The number of nitrogens with zero attached hydrogens (tertiary/aromatic N) is 2. The van der Waals surface area contributed by atoms with Crippen molar-refractivity contribution in [2.24, 2.45) is 0 Å². The van der Waals surface area contributed by atoms with Crippen LogP contribution in [0.4, 0.5) is 5.95 Å². The molecule has 0 saturated carbocycles. The maximum atomic E-state index is 6.10. The molecule has 1 aromatic heterocycles.